The highest BCUT2D eigenvalue weighted by Gasteiger charge is 1.91. The van der Waals surface area contributed by atoms with Crippen LogP contribution in [0.5, 0.6) is 0 Å². The van der Waals surface area contributed by atoms with Crippen LogP contribution in [-0.4, -0.2) is 0 Å². The van der Waals surface area contributed by atoms with Crippen molar-refractivity contribution < 1.29 is 0 Å². The Morgan fingerprint density at radius 1 is 0.375 bits per heavy atom. The molecule has 0 spiro atoms. The van der Waals surface area contributed by atoms with Crippen molar-refractivity contribution in [3.05, 3.63) is 85.0 Å². The van der Waals surface area contributed by atoms with Gasteiger partial charge in [-0.1, -0.05) is 85.0 Å². The zero-order valence-corrected chi connectivity index (χ0v) is 9.08. The van der Waals surface area contributed by atoms with E-state index in [0.717, 1.165) is 0 Å². The Kier molecular flexibility index (Phi) is 3.73. The van der Waals surface area contributed by atoms with Crippen LogP contribution in [-0.2, 0) is 0 Å². The molecule has 0 radical (unpaired) electrons. The first-order valence-corrected chi connectivity index (χ1v) is 5.40. The molecule has 0 fully saturated rings. The average Bonchev–Trinajstić information content (AvgIpc) is 2.29. The van der Waals surface area contributed by atoms with Gasteiger partial charge in [-0.3, -0.25) is 0 Å². The summed E-state index contributed by atoms with van der Waals surface area (Å²) in [6.45, 7) is 0. The van der Waals surface area contributed by atoms with Crippen molar-refractivity contribution in [2.75, 3.05) is 0 Å². The summed E-state index contributed by atoms with van der Waals surface area (Å²) in [4.78, 5) is 0. The second-order valence-electron chi connectivity index (χ2n) is 3.50. The maximum atomic E-state index is 2.12. The van der Waals surface area contributed by atoms with Gasteiger partial charge in [-0.15, -0.1) is 0 Å². The van der Waals surface area contributed by atoms with Crippen LogP contribution in [0.25, 0.3) is 11.1 Å². The Morgan fingerprint density at radius 2 is 0.688 bits per heavy atom. The predicted octanol–water partition coefficient (Wildman–Crippen LogP) is 4.47. The molecule has 0 N–H and O–H groups in total. The molecule has 16 heavy (non-hydrogen) atoms. The fraction of sp³-hybridized carbons (Fsp3) is 0. The molecule has 0 saturated carbocycles. The van der Waals surface area contributed by atoms with Crippen molar-refractivity contribution in [3.8, 4) is 11.1 Å². The minimum absolute atomic E-state index is 1.28. The monoisotopic (exact) mass is 206 g/mol. The van der Waals surface area contributed by atoms with Gasteiger partial charge in [-0.05, 0) is 11.1 Å². The highest BCUT2D eigenvalue weighted by molar-refractivity contribution is 5.62. The summed E-state index contributed by atoms with van der Waals surface area (Å²) in [5.41, 5.74) is 2.55. The molecular formula is C16H14. The van der Waals surface area contributed by atoms with Crippen molar-refractivity contribution in [3.63, 3.8) is 0 Å². The molecule has 0 atom stereocenters. The first-order chi connectivity index (χ1) is 7.97. The maximum Gasteiger partial charge on any atom is -0.0184 e. The molecule has 0 unspecified atom stereocenters. The second-order valence-corrected chi connectivity index (χ2v) is 3.50. The molecule has 0 amide bonds. The van der Waals surface area contributed by atoms with Gasteiger partial charge in [-0.25, -0.2) is 0 Å². The van der Waals surface area contributed by atoms with Crippen LogP contribution in [0.3, 0.4) is 0 Å². The van der Waals surface area contributed by atoms with Crippen molar-refractivity contribution in [2.45, 2.75) is 0 Å². The van der Waals surface area contributed by atoms with E-state index in [2.05, 4.69) is 48.5 Å². The second kappa shape index (κ2) is 5.72. The zero-order valence-electron chi connectivity index (χ0n) is 9.08. The minimum atomic E-state index is 1.28. The van der Waals surface area contributed by atoms with Gasteiger partial charge in [0.25, 0.3) is 0 Å². The van der Waals surface area contributed by atoms with Crippen LogP contribution in [0.2, 0.25) is 0 Å². The van der Waals surface area contributed by atoms with Gasteiger partial charge in [0.05, 0.1) is 0 Å². The lowest BCUT2D eigenvalue weighted by Gasteiger charge is -1.98. The molecule has 0 heterocycles. The van der Waals surface area contributed by atoms with Gasteiger partial charge < -0.3 is 0 Å². The van der Waals surface area contributed by atoms with Gasteiger partial charge in [0.2, 0.25) is 0 Å². The van der Waals surface area contributed by atoms with E-state index in [1.807, 2.05) is 36.4 Å². The van der Waals surface area contributed by atoms with E-state index in [4.69, 9.17) is 0 Å². The Balaban J connectivity index is 0.000000203. The first kappa shape index (κ1) is 10.4. The molecule has 0 heteroatoms. The van der Waals surface area contributed by atoms with E-state index in [0.29, 0.717) is 0 Å². The molecule has 0 saturated heterocycles. The maximum absolute atomic E-state index is 2.12. The quantitative estimate of drug-likeness (QED) is 0.646. The molecular weight excluding hydrogens is 192 g/mol. The van der Waals surface area contributed by atoms with Crippen molar-refractivity contribution in [1.82, 2.24) is 0 Å². The van der Waals surface area contributed by atoms with Gasteiger partial charge in [0.15, 0.2) is 0 Å². The SMILES string of the molecule is C1=CC=C1.c1ccc(-c2ccccc2)cc1. The molecule has 0 bridgehead atoms. The summed E-state index contributed by atoms with van der Waals surface area (Å²) in [5.74, 6) is 0. The molecule has 2 aromatic rings. The van der Waals surface area contributed by atoms with Crippen LogP contribution < -0.4 is 0 Å². The lowest BCUT2D eigenvalue weighted by molar-refractivity contribution is 1.62. The summed E-state index contributed by atoms with van der Waals surface area (Å²) < 4.78 is 0. The molecule has 1 aliphatic rings. The summed E-state index contributed by atoms with van der Waals surface area (Å²) in [5, 5.41) is 0. The van der Waals surface area contributed by atoms with E-state index >= 15 is 0 Å². The van der Waals surface area contributed by atoms with Crippen molar-refractivity contribution in [2.24, 2.45) is 0 Å². The largest absolute Gasteiger partial charge is 0.0623 e. The predicted molar refractivity (Wildman–Crippen MR) is 70.2 cm³/mol. The summed E-state index contributed by atoms with van der Waals surface area (Å²) in [6, 6.07) is 20.8. The van der Waals surface area contributed by atoms with Crippen LogP contribution in [0.4, 0.5) is 0 Å². The molecule has 0 aliphatic heterocycles. The number of hydrogen-bond acceptors (Lipinski definition) is 0. The van der Waals surface area contributed by atoms with Crippen LogP contribution in [0, 0.1) is 0 Å². The summed E-state index contributed by atoms with van der Waals surface area (Å²) in [7, 11) is 0. The lowest BCUT2D eigenvalue weighted by atomic mass is 10.1. The molecule has 0 aromatic heterocycles. The minimum Gasteiger partial charge on any atom is -0.0623 e. The van der Waals surface area contributed by atoms with E-state index in [9.17, 15) is 0 Å². The fourth-order valence-corrected chi connectivity index (χ4v) is 1.37. The molecule has 3 rings (SSSR count). The van der Waals surface area contributed by atoms with Crippen molar-refractivity contribution in [1.29, 1.82) is 0 Å². The third-order valence-corrected chi connectivity index (χ3v) is 2.33. The van der Waals surface area contributed by atoms with Crippen LogP contribution >= 0.6 is 0 Å². The van der Waals surface area contributed by atoms with Gasteiger partial charge in [0.1, 0.15) is 0 Å². The molecule has 78 valence electrons. The third kappa shape index (κ3) is 2.96. The number of allylic oxidation sites excluding steroid dienone is 4. The Hall–Kier alpha value is -2.08. The van der Waals surface area contributed by atoms with Gasteiger partial charge >= 0.3 is 0 Å². The number of hydrogen-bond donors (Lipinski definition) is 0. The standard InChI is InChI=1S/C12H10.C4H4/c1-3-7-11(8-4-1)12-9-5-2-6-10-12;1-2-4-3-1/h1-10H;1-4H. The van der Waals surface area contributed by atoms with Crippen LogP contribution in [0.1, 0.15) is 0 Å². The zero-order chi connectivity index (χ0) is 11.1. The lowest BCUT2D eigenvalue weighted by Crippen LogP contribution is -1.73. The molecule has 0 nitrogen and oxygen atoms in total. The van der Waals surface area contributed by atoms with E-state index in [1.165, 1.54) is 11.1 Å². The van der Waals surface area contributed by atoms with E-state index in [-0.39, 0.29) is 0 Å². The molecule has 1 aliphatic carbocycles. The van der Waals surface area contributed by atoms with Crippen molar-refractivity contribution >= 4 is 0 Å². The van der Waals surface area contributed by atoms with Crippen LogP contribution in [0.15, 0.2) is 85.0 Å². The normalized spacial score (nSPS) is 11.2. The third-order valence-electron chi connectivity index (χ3n) is 2.33. The Bertz CT molecular complexity index is 408. The van der Waals surface area contributed by atoms with E-state index in [1.54, 1.807) is 0 Å². The number of rotatable bonds is 1. The summed E-state index contributed by atoms with van der Waals surface area (Å²) >= 11 is 0. The Labute approximate surface area is 96.6 Å². The smallest absolute Gasteiger partial charge is 0.0184 e. The number of benzene rings is 2. The summed E-state index contributed by atoms with van der Waals surface area (Å²) in [6.07, 6.45) is 8.00. The van der Waals surface area contributed by atoms with Gasteiger partial charge in [0, 0.05) is 0 Å². The molecule has 2 aromatic carbocycles. The van der Waals surface area contributed by atoms with E-state index < -0.39 is 0 Å². The highest BCUT2D eigenvalue weighted by atomic mass is 14.0. The highest BCUT2D eigenvalue weighted by Crippen LogP contribution is 2.17. The Morgan fingerprint density at radius 3 is 0.938 bits per heavy atom. The van der Waals surface area contributed by atoms with Gasteiger partial charge in [-0.2, -0.15) is 0 Å². The topological polar surface area (TPSA) is 0 Å². The fourth-order valence-electron chi connectivity index (χ4n) is 1.37. The first-order valence-electron chi connectivity index (χ1n) is 5.40. The average molecular weight is 206 g/mol.